The van der Waals surface area contributed by atoms with E-state index in [2.05, 4.69) is 69.6 Å². The quantitative estimate of drug-likeness (QED) is 0.269. The Kier molecular flexibility index (Phi) is 11.3. The van der Waals surface area contributed by atoms with Crippen molar-refractivity contribution >= 4 is 20.1 Å². The van der Waals surface area contributed by atoms with Crippen LogP contribution in [0, 0.1) is 35.7 Å². The van der Waals surface area contributed by atoms with E-state index in [1.54, 1.807) is 30.0 Å². The molecule has 34 heavy (non-hydrogen) atoms. The van der Waals surface area contributed by atoms with Gasteiger partial charge in [-0.05, 0) is 82.1 Å². The first-order valence-corrected chi connectivity index (χ1v) is 15.0. The molecule has 1 aromatic rings. The van der Waals surface area contributed by atoms with Gasteiger partial charge in [0.2, 0.25) is 0 Å². The lowest BCUT2D eigenvalue weighted by Gasteiger charge is -2.42. The van der Waals surface area contributed by atoms with Crippen LogP contribution in [0.15, 0.2) is 58.4 Å². The van der Waals surface area contributed by atoms with Crippen LogP contribution < -0.4 is 0 Å². The number of allylic oxidation sites excluding steroid dienone is 2. The highest BCUT2D eigenvalue weighted by Crippen LogP contribution is 2.44. The molecule has 1 atom stereocenters. The van der Waals surface area contributed by atoms with Crippen molar-refractivity contribution in [3.63, 3.8) is 0 Å². The average molecular weight is 495 g/mol. The molecule has 0 fully saturated rings. The van der Waals surface area contributed by atoms with Gasteiger partial charge in [-0.15, -0.1) is 0 Å². The molecule has 0 amide bonds. The minimum Gasteiger partial charge on any atom is -0.440 e. The van der Waals surface area contributed by atoms with Crippen LogP contribution in [0.3, 0.4) is 0 Å². The van der Waals surface area contributed by atoms with Gasteiger partial charge in [0.05, 0.1) is 6.61 Å². The van der Waals surface area contributed by atoms with E-state index in [-0.39, 0.29) is 17.2 Å². The van der Waals surface area contributed by atoms with Gasteiger partial charge in [-0.3, -0.25) is 0 Å². The highest BCUT2D eigenvalue weighted by atomic mass is 32.2. The van der Waals surface area contributed by atoms with Gasteiger partial charge >= 0.3 is 0 Å². The van der Waals surface area contributed by atoms with Crippen molar-refractivity contribution in [2.24, 2.45) is 0 Å². The topological polar surface area (TPSA) is 38.7 Å². The van der Waals surface area contributed by atoms with Gasteiger partial charge in [-0.2, -0.15) is 0 Å². The lowest BCUT2D eigenvalue weighted by atomic mass is 10.1. The molecule has 0 heterocycles. The minimum absolute atomic E-state index is 0.00673. The largest absolute Gasteiger partial charge is 0.440 e. The van der Waals surface area contributed by atoms with Gasteiger partial charge < -0.3 is 14.3 Å². The normalized spacial score (nSPS) is 14.1. The number of hydrogen-bond donors (Lipinski definition) is 1. The van der Waals surface area contributed by atoms with E-state index in [0.29, 0.717) is 0 Å². The Hall–Kier alpha value is -2.33. The van der Waals surface area contributed by atoms with Crippen LogP contribution in [0.4, 0.5) is 0 Å². The Balaban J connectivity index is 3.25. The van der Waals surface area contributed by atoms with Crippen LogP contribution in [0.5, 0.6) is 0 Å². The Bertz CT molecular complexity index is 1040. The van der Waals surface area contributed by atoms with Gasteiger partial charge in [0, 0.05) is 15.7 Å². The maximum Gasteiger partial charge on any atom is 0.194 e. The third-order valence-electron chi connectivity index (χ3n) is 5.09. The van der Waals surface area contributed by atoms with Crippen LogP contribution in [-0.4, -0.2) is 31.2 Å². The Morgan fingerprint density at radius 3 is 2.15 bits per heavy atom. The summed E-state index contributed by atoms with van der Waals surface area (Å²) in [5.74, 6) is 14.6. The number of aliphatic hydroxyl groups is 1. The van der Waals surface area contributed by atoms with Gasteiger partial charge in [0.25, 0.3) is 0 Å². The number of rotatable bonds is 6. The van der Waals surface area contributed by atoms with E-state index in [0.717, 1.165) is 9.80 Å². The first kappa shape index (κ1) is 29.7. The molecule has 1 N–H and O–H groups in total. The van der Waals surface area contributed by atoms with Gasteiger partial charge in [-0.1, -0.05) is 68.5 Å². The first-order chi connectivity index (χ1) is 15.7. The summed E-state index contributed by atoms with van der Waals surface area (Å²) in [6, 6.07) is 10.0. The molecular weight excluding hydrogens is 456 g/mol. The zero-order valence-corrected chi connectivity index (χ0v) is 23.8. The Morgan fingerprint density at radius 2 is 1.59 bits per heavy atom. The van der Waals surface area contributed by atoms with Crippen LogP contribution in [-0.2, 0) is 9.16 Å². The predicted octanol–water partition coefficient (Wildman–Crippen LogP) is 6.77. The molecular formula is C29H38O3SSi. The SMILES string of the molecule is CC(C)(C)OC#CC#C/C=C\C#CC(C)(O[Si](C)(C)C(C)(C)C)/C(=C/CO)Sc1ccccc1. The summed E-state index contributed by atoms with van der Waals surface area (Å²) >= 11 is 1.56. The standard InChI is InChI=1S/C29H38O3SSi/c1-27(2,3)31-24-18-13-11-10-12-17-22-29(7,32-34(8,9)28(4,5)6)26(21-23-30)33-25-19-15-14-16-20-25/h10,12,14-16,19-21,30H,23H2,1-9H3/b12-10-,26-21-. The molecule has 0 aliphatic carbocycles. The fourth-order valence-electron chi connectivity index (χ4n) is 2.38. The maximum atomic E-state index is 9.76. The second kappa shape index (κ2) is 12.9. The molecule has 3 nitrogen and oxygen atoms in total. The van der Waals surface area contributed by atoms with E-state index in [1.807, 2.05) is 58.0 Å². The fraction of sp³-hybridized carbons (Fsp3) is 0.448. The summed E-state index contributed by atoms with van der Waals surface area (Å²) in [6.45, 7) is 18.7. The molecule has 5 heteroatoms. The molecule has 182 valence electrons. The third-order valence-corrected chi connectivity index (χ3v) is 10.9. The van der Waals surface area contributed by atoms with Crippen LogP contribution in [0.1, 0.15) is 48.5 Å². The van der Waals surface area contributed by atoms with Crippen molar-refractivity contribution in [2.45, 2.75) is 82.7 Å². The van der Waals surface area contributed by atoms with Crippen molar-refractivity contribution in [1.82, 2.24) is 0 Å². The Morgan fingerprint density at radius 1 is 0.971 bits per heavy atom. The van der Waals surface area contributed by atoms with Gasteiger partial charge in [-0.25, -0.2) is 0 Å². The molecule has 0 bridgehead atoms. The first-order valence-electron chi connectivity index (χ1n) is 11.3. The fourth-order valence-corrected chi connectivity index (χ4v) is 4.93. The monoisotopic (exact) mass is 494 g/mol. The number of ether oxygens (including phenoxy) is 1. The zero-order chi connectivity index (χ0) is 25.9. The predicted molar refractivity (Wildman–Crippen MR) is 147 cm³/mol. The van der Waals surface area contributed by atoms with Gasteiger partial charge in [0.1, 0.15) is 17.3 Å². The lowest BCUT2D eigenvalue weighted by molar-refractivity contribution is 0.0964. The van der Waals surface area contributed by atoms with E-state index >= 15 is 0 Å². The van der Waals surface area contributed by atoms with Crippen molar-refractivity contribution in [1.29, 1.82) is 0 Å². The zero-order valence-electron chi connectivity index (χ0n) is 22.0. The molecule has 0 radical (unpaired) electrons. The second-order valence-electron chi connectivity index (χ2n) is 10.4. The summed E-state index contributed by atoms with van der Waals surface area (Å²) < 4.78 is 12.1. The van der Waals surface area contributed by atoms with E-state index in [9.17, 15) is 5.11 Å². The van der Waals surface area contributed by atoms with Crippen molar-refractivity contribution in [2.75, 3.05) is 6.61 Å². The molecule has 0 saturated carbocycles. The van der Waals surface area contributed by atoms with Crippen molar-refractivity contribution < 1.29 is 14.3 Å². The number of hydrogen-bond acceptors (Lipinski definition) is 4. The second-order valence-corrected chi connectivity index (χ2v) is 16.2. The molecule has 0 aliphatic heterocycles. The molecule has 1 rings (SSSR count). The molecule has 0 aromatic heterocycles. The molecule has 0 spiro atoms. The summed E-state index contributed by atoms with van der Waals surface area (Å²) in [7, 11) is -2.18. The summed E-state index contributed by atoms with van der Waals surface area (Å²) in [5, 5.41) is 9.77. The van der Waals surface area contributed by atoms with Crippen LogP contribution >= 0.6 is 11.8 Å². The smallest absolute Gasteiger partial charge is 0.194 e. The van der Waals surface area contributed by atoms with Crippen molar-refractivity contribution in [3.8, 4) is 35.7 Å². The highest BCUT2D eigenvalue weighted by Gasteiger charge is 2.44. The maximum absolute atomic E-state index is 9.76. The van der Waals surface area contributed by atoms with E-state index in [1.165, 1.54) is 0 Å². The van der Waals surface area contributed by atoms with E-state index < -0.39 is 13.9 Å². The molecule has 1 unspecified atom stereocenters. The number of thioether (sulfide) groups is 1. The average Bonchev–Trinajstić information content (AvgIpc) is 2.71. The molecule has 0 aliphatic rings. The van der Waals surface area contributed by atoms with Crippen molar-refractivity contribution in [3.05, 3.63) is 53.5 Å². The minimum atomic E-state index is -2.18. The van der Waals surface area contributed by atoms with E-state index in [4.69, 9.17) is 9.16 Å². The number of aliphatic hydroxyl groups excluding tert-OH is 1. The Labute approximate surface area is 212 Å². The van der Waals surface area contributed by atoms with Gasteiger partial charge in [0.15, 0.2) is 8.32 Å². The highest BCUT2D eigenvalue weighted by molar-refractivity contribution is 8.03. The van der Waals surface area contributed by atoms with Crippen LogP contribution in [0.25, 0.3) is 0 Å². The summed E-state index contributed by atoms with van der Waals surface area (Å²) in [6.07, 6.45) is 7.72. The summed E-state index contributed by atoms with van der Waals surface area (Å²) in [5.41, 5.74) is -1.20. The molecule has 1 aromatic carbocycles. The molecule has 0 saturated heterocycles. The lowest BCUT2D eigenvalue weighted by Crippen LogP contribution is -2.48. The third kappa shape index (κ3) is 10.7. The number of benzene rings is 1. The summed E-state index contributed by atoms with van der Waals surface area (Å²) in [4.78, 5) is 1.93. The van der Waals surface area contributed by atoms with Crippen LogP contribution in [0.2, 0.25) is 18.1 Å².